The Morgan fingerprint density at radius 1 is 0.688 bits per heavy atom. The maximum absolute atomic E-state index is 12.1. The van der Waals surface area contributed by atoms with Crippen LogP contribution in [0.1, 0.15) is 75.7 Å². The molecule has 32 heavy (non-hydrogen) atoms. The molecule has 0 spiro atoms. The summed E-state index contributed by atoms with van der Waals surface area (Å²) in [7, 11) is -6.41. The minimum atomic E-state index is -2.18. The second-order valence-corrected chi connectivity index (χ2v) is 28.6. The van der Waals surface area contributed by atoms with Crippen molar-refractivity contribution in [1.29, 1.82) is 0 Å². The van der Waals surface area contributed by atoms with Crippen molar-refractivity contribution in [2.45, 2.75) is 148 Å². The molecule has 0 fully saturated rings. The van der Waals surface area contributed by atoms with Gasteiger partial charge in [0.2, 0.25) is 5.24 Å². The fourth-order valence-corrected chi connectivity index (χ4v) is 6.91. The number of rotatable bonds is 10. The molecule has 0 bridgehead atoms. The van der Waals surface area contributed by atoms with Gasteiger partial charge < -0.3 is 13.3 Å². The van der Waals surface area contributed by atoms with E-state index >= 15 is 0 Å². The van der Waals surface area contributed by atoms with E-state index in [9.17, 15) is 4.79 Å². The first-order chi connectivity index (χ1) is 13.8. The van der Waals surface area contributed by atoms with Gasteiger partial charge in [0.15, 0.2) is 25.0 Å². The Balaban J connectivity index is 6.41. The van der Waals surface area contributed by atoms with Crippen LogP contribution < -0.4 is 0 Å². The molecule has 0 amide bonds. The lowest BCUT2D eigenvalue weighted by atomic mass is 10.1. The van der Waals surface area contributed by atoms with Crippen LogP contribution in [-0.4, -0.2) is 48.5 Å². The third kappa shape index (κ3) is 8.93. The van der Waals surface area contributed by atoms with Crippen molar-refractivity contribution in [3.8, 4) is 0 Å². The molecule has 0 aromatic heterocycles. The summed E-state index contributed by atoms with van der Waals surface area (Å²) < 4.78 is 20.6. The molecular formula is C24H53ClO4Si3. The predicted octanol–water partition coefficient (Wildman–Crippen LogP) is 8.33. The topological polar surface area (TPSA) is 44.8 Å². The third-order valence-electron chi connectivity index (χ3n) is 7.97. The lowest BCUT2D eigenvalue weighted by Gasteiger charge is -2.48. The Labute approximate surface area is 207 Å². The second kappa shape index (κ2) is 10.6. The van der Waals surface area contributed by atoms with Crippen LogP contribution >= 0.6 is 11.6 Å². The van der Waals surface area contributed by atoms with Gasteiger partial charge in [-0.15, -0.1) is 0 Å². The fraction of sp³-hybridized carbons (Fsp3) is 0.958. The molecule has 3 atom stereocenters. The Hall–Kier alpha value is 0.491. The summed E-state index contributed by atoms with van der Waals surface area (Å²) in [6.45, 7) is 35.5. The SMILES string of the molecule is C[C@@H](O[Si](C)(C)C(C)(C)C)[C@@H](O[Si](C)(C)C(C)(C)C)[C@H](CC(=O)Cl)O[Si](C)(C)C(C)(C)C. The highest BCUT2D eigenvalue weighted by molar-refractivity contribution is 6.75. The number of carbonyl (C=O) groups is 1. The molecule has 0 aliphatic heterocycles. The second-order valence-electron chi connectivity index (χ2n) is 13.9. The number of halogens is 1. The van der Waals surface area contributed by atoms with E-state index in [-0.39, 0.29) is 33.7 Å². The fourth-order valence-electron chi connectivity index (χ4n) is 2.64. The van der Waals surface area contributed by atoms with Gasteiger partial charge in [0.05, 0.1) is 18.3 Å². The molecule has 192 valence electrons. The smallest absolute Gasteiger partial charge is 0.224 e. The van der Waals surface area contributed by atoms with E-state index in [2.05, 4.69) is 109 Å². The van der Waals surface area contributed by atoms with E-state index < -0.39 is 36.3 Å². The predicted molar refractivity (Wildman–Crippen MR) is 147 cm³/mol. The zero-order valence-corrected chi connectivity index (χ0v) is 27.7. The maximum atomic E-state index is 12.1. The zero-order valence-electron chi connectivity index (χ0n) is 24.0. The van der Waals surface area contributed by atoms with Crippen LogP contribution in [0.25, 0.3) is 0 Å². The lowest BCUT2D eigenvalue weighted by molar-refractivity contribution is -0.116. The minimum Gasteiger partial charge on any atom is -0.412 e. The Bertz CT molecular complexity index is 629. The summed E-state index contributed by atoms with van der Waals surface area (Å²) in [4.78, 5) is 12.1. The lowest BCUT2D eigenvalue weighted by Crippen LogP contribution is -2.57. The molecule has 0 rings (SSSR count). The minimum absolute atomic E-state index is 0.00561. The van der Waals surface area contributed by atoms with E-state index in [1.165, 1.54) is 0 Å². The summed E-state index contributed by atoms with van der Waals surface area (Å²) in [6.07, 6.45) is -0.883. The highest BCUT2D eigenvalue weighted by Gasteiger charge is 2.48. The average Bonchev–Trinajstić information content (AvgIpc) is 2.47. The molecule has 0 aliphatic rings. The summed E-state index contributed by atoms with van der Waals surface area (Å²) in [5, 5.41) is -0.293. The Kier molecular flexibility index (Phi) is 10.8. The first-order valence-corrected chi connectivity index (χ1v) is 21.1. The number of hydrogen-bond acceptors (Lipinski definition) is 4. The van der Waals surface area contributed by atoms with Crippen LogP contribution in [0.2, 0.25) is 54.4 Å². The van der Waals surface area contributed by atoms with Crippen molar-refractivity contribution in [1.82, 2.24) is 0 Å². The average molecular weight is 525 g/mol. The number of hydrogen-bond donors (Lipinski definition) is 0. The summed E-state index contributed by atoms with van der Waals surface area (Å²) in [5.41, 5.74) is 0. The summed E-state index contributed by atoms with van der Waals surface area (Å²) in [6, 6.07) is 0. The van der Waals surface area contributed by atoms with Crippen molar-refractivity contribution >= 4 is 41.8 Å². The van der Waals surface area contributed by atoms with Gasteiger partial charge in [0.25, 0.3) is 0 Å². The van der Waals surface area contributed by atoms with Gasteiger partial charge >= 0.3 is 0 Å². The first-order valence-electron chi connectivity index (χ1n) is 12.0. The highest BCUT2D eigenvalue weighted by atomic mass is 35.5. The van der Waals surface area contributed by atoms with Crippen LogP contribution in [0.3, 0.4) is 0 Å². The normalized spacial score (nSPS) is 17.8. The molecule has 0 radical (unpaired) electrons. The van der Waals surface area contributed by atoms with Gasteiger partial charge in [-0.3, -0.25) is 4.79 Å². The summed E-state index contributed by atoms with van der Waals surface area (Å²) >= 11 is 5.95. The van der Waals surface area contributed by atoms with E-state index in [0.29, 0.717) is 0 Å². The molecule has 0 saturated heterocycles. The molecule has 8 heteroatoms. The van der Waals surface area contributed by atoms with Crippen molar-refractivity contribution in [2.24, 2.45) is 0 Å². The molecule has 0 aliphatic carbocycles. The van der Waals surface area contributed by atoms with Crippen LogP contribution in [0.4, 0.5) is 0 Å². The van der Waals surface area contributed by atoms with Gasteiger partial charge in [-0.25, -0.2) is 0 Å². The van der Waals surface area contributed by atoms with Crippen LogP contribution in [0, 0.1) is 0 Å². The summed E-state index contributed by atoms with van der Waals surface area (Å²) in [5.74, 6) is 0. The van der Waals surface area contributed by atoms with Gasteiger partial charge in [-0.2, -0.15) is 0 Å². The molecule has 4 nitrogen and oxygen atoms in total. The molecule has 0 aromatic rings. The van der Waals surface area contributed by atoms with Crippen molar-refractivity contribution < 1.29 is 18.1 Å². The van der Waals surface area contributed by atoms with Crippen LogP contribution in [0.15, 0.2) is 0 Å². The van der Waals surface area contributed by atoms with Crippen molar-refractivity contribution in [3.05, 3.63) is 0 Å². The third-order valence-corrected chi connectivity index (χ3v) is 21.7. The molecule has 0 N–H and O–H groups in total. The largest absolute Gasteiger partial charge is 0.412 e. The van der Waals surface area contributed by atoms with Crippen molar-refractivity contribution in [2.75, 3.05) is 0 Å². The van der Waals surface area contributed by atoms with Gasteiger partial charge in [0.1, 0.15) is 0 Å². The quantitative estimate of drug-likeness (QED) is 0.213. The van der Waals surface area contributed by atoms with E-state index in [0.717, 1.165) is 0 Å². The zero-order chi connectivity index (χ0) is 26.1. The molecule has 0 heterocycles. The number of carbonyl (C=O) groups excluding carboxylic acids is 1. The van der Waals surface area contributed by atoms with E-state index in [1.54, 1.807) is 0 Å². The molecular weight excluding hydrogens is 472 g/mol. The van der Waals surface area contributed by atoms with Gasteiger partial charge in [-0.05, 0) is 72.9 Å². The Morgan fingerprint density at radius 3 is 1.31 bits per heavy atom. The monoisotopic (exact) mass is 524 g/mol. The van der Waals surface area contributed by atoms with Gasteiger partial charge in [-0.1, -0.05) is 62.3 Å². The Morgan fingerprint density at radius 2 is 1.00 bits per heavy atom. The highest BCUT2D eigenvalue weighted by Crippen LogP contribution is 2.43. The molecule has 0 aromatic carbocycles. The van der Waals surface area contributed by atoms with Crippen LogP contribution in [-0.2, 0) is 18.1 Å². The maximum Gasteiger partial charge on any atom is 0.224 e. The molecule has 0 saturated carbocycles. The van der Waals surface area contributed by atoms with Gasteiger partial charge in [0, 0.05) is 6.42 Å². The molecule has 0 unspecified atom stereocenters. The standard InChI is InChI=1S/C24H53ClO4Si3/c1-18(27-30(11,12)22(2,3)4)21(29-32(15,16)24(8,9)10)19(17-20(25)26)28-31(13,14)23(5,6)7/h18-19,21H,17H2,1-16H3/t18-,19+,21-/m1/s1. The van der Waals surface area contributed by atoms with Crippen LogP contribution in [0.5, 0.6) is 0 Å². The van der Waals surface area contributed by atoms with E-state index in [4.69, 9.17) is 24.9 Å². The van der Waals surface area contributed by atoms with Crippen molar-refractivity contribution in [3.63, 3.8) is 0 Å². The van der Waals surface area contributed by atoms with E-state index in [1.807, 2.05) is 0 Å². The first kappa shape index (κ1) is 32.5.